The number of nitrogens with one attached hydrogen (secondary N) is 8. The van der Waals surface area contributed by atoms with Crippen molar-refractivity contribution >= 4 is 92.8 Å². The van der Waals surface area contributed by atoms with Crippen LogP contribution >= 0.6 is 45.6 Å². The van der Waals surface area contributed by atoms with E-state index in [0.29, 0.717) is 38.7 Å². The topological polar surface area (TPSA) is 438 Å². The minimum Gasteiger partial charge on any atom is -0.508 e. The van der Waals surface area contributed by atoms with Crippen molar-refractivity contribution in [2.24, 2.45) is 34.8 Å². The lowest BCUT2D eigenvalue weighted by Crippen LogP contribution is -2.57. The number of carbonyl (C=O) groups excluding carboxylic acids is 7. The third-order valence-corrected chi connectivity index (χ3v) is 16.7. The third kappa shape index (κ3) is 22.8. The predicted octanol–water partition coefficient (Wildman–Crippen LogP) is 1.07. The number of thiophene rings is 1. The minimum absolute atomic E-state index is 0.000358. The number of hydrogen-bond donors (Lipinski definition) is 15. The van der Waals surface area contributed by atoms with Gasteiger partial charge in [-0.25, -0.2) is 19.9 Å². The number of unbranched alkanes of at least 4 members (excludes halogenated alkanes) is 1. The number of nitrogens with zero attached hydrogens (tertiary/aromatic N) is 4. The second-order valence-corrected chi connectivity index (χ2v) is 24.7. The number of nitrogens with two attached hydrogens (primary N) is 5. The Hall–Kier alpha value is -6.80. The Kier molecular flexibility index (Phi) is 29.1. The average Bonchev–Trinajstić information content (AvgIpc) is 1.74. The van der Waals surface area contributed by atoms with Gasteiger partial charge in [0.1, 0.15) is 55.9 Å². The van der Waals surface area contributed by atoms with Crippen LogP contribution in [0.15, 0.2) is 47.2 Å². The Morgan fingerprint density at radius 3 is 2.09 bits per heavy atom. The van der Waals surface area contributed by atoms with Crippen molar-refractivity contribution in [3.8, 4) is 16.5 Å². The summed E-state index contributed by atoms with van der Waals surface area (Å²) in [7, 11) is 0. The van der Waals surface area contributed by atoms with Crippen LogP contribution < -0.4 is 71.2 Å². The minimum atomic E-state index is -1.51. The number of anilines is 1. The lowest BCUT2D eigenvalue weighted by atomic mass is 9.90. The van der Waals surface area contributed by atoms with Crippen LogP contribution in [0.3, 0.4) is 0 Å². The van der Waals surface area contributed by atoms with Crippen LogP contribution in [-0.4, -0.2) is 154 Å². The Bertz CT molecular complexity index is 3010. The molecule has 0 aliphatic carbocycles. The SMILES string of the molecule is Cc1c(N)nc([C@H](CC(N)=O)NC[C@H](N)C(N)=O)nc1C(=O)N[C@@H](Cc1cccs1)C(=O)N[C@H](CC(C)C)[C@@H](O)[C@H](C)C(=O)N[C@@H](Cc1ccc(O)cc1)C(=O)NCCc1nc(-c2nc(C(=O)NCCCNCCCCNCCCN)cs2)c(Cl)s1. The summed E-state index contributed by atoms with van der Waals surface area (Å²) in [4.78, 5) is 112. The van der Waals surface area contributed by atoms with Gasteiger partial charge in [-0.2, -0.15) is 0 Å². The van der Waals surface area contributed by atoms with Crippen molar-refractivity contribution in [3.05, 3.63) is 89.7 Å². The Labute approximate surface area is 517 Å². The summed E-state index contributed by atoms with van der Waals surface area (Å²) in [5.41, 5.74) is 29.6. The van der Waals surface area contributed by atoms with E-state index in [0.717, 1.165) is 56.7 Å². The number of halogens is 1. The van der Waals surface area contributed by atoms with Gasteiger partial charge in [0.05, 0.1) is 35.2 Å². The number of aromatic hydroxyl groups is 1. The first kappa shape index (κ1) is 70.0. The number of phenolic OH excluding ortho intramolecular Hbond substituents is 1. The van der Waals surface area contributed by atoms with E-state index in [9.17, 15) is 43.8 Å². The smallest absolute Gasteiger partial charge is 0.271 e. The number of rotatable bonds is 39. The van der Waals surface area contributed by atoms with E-state index in [-0.39, 0.29) is 91.4 Å². The molecule has 86 heavy (non-hydrogen) atoms. The molecule has 5 rings (SSSR count). The zero-order valence-electron chi connectivity index (χ0n) is 48.8. The van der Waals surface area contributed by atoms with Crippen molar-refractivity contribution in [1.82, 2.24) is 62.5 Å². The zero-order valence-corrected chi connectivity index (χ0v) is 52.0. The molecule has 4 heterocycles. The van der Waals surface area contributed by atoms with Gasteiger partial charge in [-0.05, 0) is 107 Å². The largest absolute Gasteiger partial charge is 0.508 e. The van der Waals surface area contributed by atoms with Gasteiger partial charge in [0, 0.05) is 61.1 Å². The van der Waals surface area contributed by atoms with Gasteiger partial charge >= 0.3 is 0 Å². The van der Waals surface area contributed by atoms with E-state index in [1.807, 2.05) is 13.8 Å². The molecule has 0 radical (unpaired) electrons. The number of amides is 7. The summed E-state index contributed by atoms with van der Waals surface area (Å²) < 4.78 is 0.357. The normalized spacial score (nSPS) is 13.9. The lowest BCUT2D eigenvalue weighted by molar-refractivity contribution is -0.134. The fourth-order valence-electron chi connectivity index (χ4n) is 8.75. The van der Waals surface area contributed by atoms with Crippen molar-refractivity contribution in [2.45, 2.75) is 122 Å². The fourth-order valence-corrected chi connectivity index (χ4v) is 11.6. The number of benzene rings is 1. The van der Waals surface area contributed by atoms with Crippen molar-refractivity contribution in [1.29, 1.82) is 0 Å². The number of carbonyl (C=O) groups is 7. The number of thiazole rings is 2. The maximum absolute atomic E-state index is 14.5. The summed E-state index contributed by atoms with van der Waals surface area (Å²) in [6, 6.07) is 4.01. The van der Waals surface area contributed by atoms with Crippen LogP contribution in [-0.2, 0) is 43.2 Å². The highest BCUT2D eigenvalue weighted by Crippen LogP contribution is 2.35. The molecular formula is C56H82ClN17O9S3. The fraction of sp³-hybridized carbons (Fsp3) is 0.518. The third-order valence-electron chi connectivity index (χ3n) is 13.6. The highest BCUT2D eigenvalue weighted by Gasteiger charge is 2.36. The van der Waals surface area contributed by atoms with Crippen LogP contribution in [0.5, 0.6) is 5.75 Å². The lowest BCUT2D eigenvalue weighted by Gasteiger charge is -2.31. The quantitative estimate of drug-likeness (QED) is 0.0245. The number of aliphatic hydroxyl groups is 1. The molecule has 0 bridgehead atoms. The first-order valence-corrected chi connectivity index (χ1v) is 31.4. The second-order valence-electron chi connectivity index (χ2n) is 21.1. The Morgan fingerprint density at radius 2 is 1.44 bits per heavy atom. The van der Waals surface area contributed by atoms with E-state index < -0.39 is 77.7 Å². The summed E-state index contributed by atoms with van der Waals surface area (Å²) in [5, 5.41) is 50.4. The number of aliphatic hydroxyl groups excluding tert-OH is 1. The predicted molar refractivity (Wildman–Crippen MR) is 333 cm³/mol. The molecule has 20 N–H and O–H groups in total. The molecule has 7 atom stereocenters. The van der Waals surface area contributed by atoms with Crippen molar-refractivity contribution < 1.29 is 43.8 Å². The highest BCUT2D eigenvalue weighted by molar-refractivity contribution is 7.17. The Morgan fingerprint density at radius 1 is 0.756 bits per heavy atom. The number of hydrogen-bond acceptors (Lipinski definition) is 22. The number of primary amides is 2. The number of nitrogen functional groups attached to an aromatic ring is 1. The molecule has 0 saturated carbocycles. The highest BCUT2D eigenvalue weighted by atomic mass is 35.5. The van der Waals surface area contributed by atoms with Crippen LogP contribution in [0.25, 0.3) is 10.7 Å². The molecule has 26 nitrogen and oxygen atoms in total. The molecule has 0 aliphatic heterocycles. The van der Waals surface area contributed by atoms with Gasteiger partial charge in [-0.1, -0.05) is 50.6 Å². The van der Waals surface area contributed by atoms with Crippen molar-refractivity contribution in [2.75, 3.05) is 58.1 Å². The molecule has 0 fully saturated rings. The van der Waals surface area contributed by atoms with Crippen LogP contribution in [0, 0.1) is 18.8 Å². The number of aromatic nitrogens is 4. The maximum atomic E-state index is 14.5. The summed E-state index contributed by atoms with van der Waals surface area (Å²) in [5.74, 6) is -6.25. The maximum Gasteiger partial charge on any atom is 0.271 e. The first-order chi connectivity index (χ1) is 41.0. The van der Waals surface area contributed by atoms with E-state index >= 15 is 0 Å². The van der Waals surface area contributed by atoms with Gasteiger partial charge in [0.25, 0.3) is 11.8 Å². The number of phenols is 1. The van der Waals surface area contributed by atoms with Gasteiger partial charge in [0.2, 0.25) is 29.5 Å². The molecule has 4 aromatic heterocycles. The van der Waals surface area contributed by atoms with Crippen LogP contribution in [0.2, 0.25) is 4.34 Å². The standard InChI is InChI=1S/C56H82ClN17O9S3/c1-30(2)24-37(68-54(82)40(26-35-10-7-23-84-35)70-55(83)44-31(3)48(61)74-50(73-44)38(27-42(60)76)67-28-36(59)49(62)78)46(77)32(4)51(79)69-39(25-33-11-13-34(75)14-12-33)52(80)66-22-15-43-72-45(47(57)86-43)56-71-41(29-85-56)53(81)65-21-9-20-64-18-6-5-17-63-19-8-16-58/h7,10-14,23,29-30,32,36-40,46,63-64,67,75,77H,5-6,8-9,15-22,24-28,58-59H2,1-4H3,(H2,60,76)(H2,62,78)(H,65,81)(H,66,80)(H,68,82)(H,69,79)(H,70,83)(H2,61,73,74)/t32-,36-,37+,38-,39-,40-,46-/m0/s1. The summed E-state index contributed by atoms with van der Waals surface area (Å²) in [6.07, 6.45) is 2.41. The molecule has 5 aromatic rings. The van der Waals surface area contributed by atoms with E-state index in [2.05, 4.69) is 62.5 Å². The molecular weight excluding hydrogens is 1190 g/mol. The van der Waals surface area contributed by atoms with Crippen LogP contribution in [0.4, 0.5) is 5.82 Å². The van der Waals surface area contributed by atoms with Crippen molar-refractivity contribution in [3.63, 3.8) is 0 Å². The zero-order chi connectivity index (χ0) is 62.9. The molecule has 30 heteroatoms. The van der Waals surface area contributed by atoms with Gasteiger partial charge < -0.3 is 81.4 Å². The molecule has 0 spiro atoms. The molecule has 1 aromatic carbocycles. The molecule has 0 unspecified atom stereocenters. The van der Waals surface area contributed by atoms with Crippen LogP contribution in [0.1, 0.15) is 113 Å². The van der Waals surface area contributed by atoms with Gasteiger partial charge in [0.15, 0.2) is 0 Å². The van der Waals surface area contributed by atoms with E-state index in [1.54, 1.807) is 35.0 Å². The first-order valence-electron chi connectivity index (χ1n) is 28.4. The van der Waals surface area contributed by atoms with E-state index in [1.165, 1.54) is 60.0 Å². The molecule has 0 saturated heterocycles. The monoisotopic (exact) mass is 1270 g/mol. The second kappa shape index (κ2) is 35.7. The van der Waals surface area contributed by atoms with Gasteiger partial charge in [-0.3, -0.25) is 33.6 Å². The van der Waals surface area contributed by atoms with E-state index in [4.69, 9.17) is 40.3 Å². The molecule has 470 valence electrons. The summed E-state index contributed by atoms with van der Waals surface area (Å²) >= 11 is 10.4. The molecule has 0 aliphatic rings. The van der Waals surface area contributed by atoms with Gasteiger partial charge in [-0.15, -0.1) is 34.0 Å². The average molecular weight is 1270 g/mol. The Balaban J connectivity index is 1.22. The summed E-state index contributed by atoms with van der Waals surface area (Å²) in [6.45, 7) is 11.3. The molecule has 7 amide bonds.